The van der Waals surface area contributed by atoms with Crippen molar-refractivity contribution in [2.24, 2.45) is 0 Å². The molecule has 1 aliphatic rings. The first-order valence-electron chi connectivity index (χ1n) is 7.84. The van der Waals surface area contributed by atoms with Crippen molar-refractivity contribution < 1.29 is 4.79 Å². The van der Waals surface area contributed by atoms with Crippen LogP contribution in [-0.2, 0) is 0 Å². The molecule has 4 heteroatoms. The van der Waals surface area contributed by atoms with Gasteiger partial charge in [-0.05, 0) is 56.0 Å². The van der Waals surface area contributed by atoms with Crippen LogP contribution in [0.15, 0.2) is 48.5 Å². The van der Waals surface area contributed by atoms with Gasteiger partial charge in [-0.15, -0.1) is 0 Å². The zero-order chi connectivity index (χ0) is 16.6. The number of rotatable bonds is 1. The minimum absolute atomic E-state index is 0.128. The topological polar surface area (TPSA) is 32.3 Å². The minimum Gasteiger partial charge on any atom is -0.307 e. The van der Waals surface area contributed by atoms with E-state index in [0.717, 1.165) is 12.1 Å². The summed E-state index contributed by atoms with van der Waals surface area (Å²) in [6, 6.07) is 15.2. The molecule has 1 aliphatic heterocycles. The molecule has 0 unspecified atom stereocenters. The van der Waals surface area contributed by atoms with Crippen molar-refractivity contribution in [2.75, 3.05) is 10.2 Å². The first kappa shape index (κ1) is 15.9. The lowest BCUT2D eigenvalue weighted by Crippen LogP contribution is -2.53. The fourth-order valence-corrected chi connectivity index (χ4v) is 3.70. The van der Waals surface area contributed by atoms with Crippen LogP contribution in [0.25, 0.3) is 0 Å². The van der Waals surface area contributed by atoms with Crippen LogP contribution in [0.4, 0.5) is 16.2 Å². The van der Waals surface area contributed by atoms with Crippen molar-refractivity contribution >= 4 is 29.0 Å². The fraction of sp³-hybridized carbons (Fsp3) is 0.316. The number of urea groups is 1. The minimum atomic E-state index is -0.254. The lowest BCUT2D eigenvalue weighted by atomic mass is 9.80. The average Bonchev–Trinajstić information content (AvgIpc) is 2.46. The van der Waals surface area contributed by atoms with Crippen molar-refractivity contribution in [3.63, 3.8) is 0 Å². The van der Waals surface area contributed by atoms with Crippen LogP contribution in [0.3, 0.4) is 0 Å². The molecule has 1 N–H and O–H groups in total. The molecule has 3 nitrogen and oxygen atoms in total. The van der Waals surface area contributed by atoms with Crippen LogP contribution < -0.4 is 10.2 Å². The SMILES string of the molecule is C[C@@H]1CC(C)(C)N(C(=O)Nc2cccc(Cl)c2)c2ccccc21. The standard InChI is InChI=1S/C19H21ClN2O/c1-13-12-19(2,3)22(17-10-5-4-9-16(13)17)18(23)21-15-8-6-7-14(20)11-15/h4-11,13H,12H2,1-3H3,(H,21,23)/t13-/m1/s1. The molecule has 1 atom stereocenters. The van der Waals surface area contributed by atoms with Gasteiger partial charge in [-0.25, -0.2) is 4.79 Å². The number of anilines is 2. The van der Waals surface area contributed by atoms with Crippen LogP contribution in [0, 0.1) is 0 Å². The zero-order valence-electron chi connectivity index (χ0n) is 13.6. The molecule has 2 aromatic rings. The highest BCUT2D eigenvalue weighted by molar-refractivity contribution is 6.30. The van der Waals surface area contributed by atoms with E-state index in [0.29, 0.717) is 16.6 Å². The van der Waals surface area contributed by atoms with Gasteiger partial charge in [-0.3, -0.25) is 4.90 Å². The first-order chi connectivity index (χ1) is 10.9. The normalized spacial score (nSPS) is 19.1. The molecule has 2 aromatic carbocycles. The lowest BCUT2D eigenvalue weighted by Gasteiger charge is -2.45. The lowest BCUT2D eigenvalue weighted by molar-refractivity contribution is 0.247. The van der Waals surface area contributed by atoms with Gasteiger partial charge in [0.15, 0.2) is 0 Å². The summed E-state index contributed by atoms with van der Waals surface area (Å²) in [7, 11) is 0. The van der Waals surface area contributed by atoms with Gasteiger partial charge in [0.25, 0.3) is 0 Å². The Morgan fingerprint density at radius 2 is 1.96 bits per heavy atom. The highest BCUT2D eigenvalue weighted by atomic mass is 35.5. The third-order valence-corrected chi connectivity index (χ3v) is 4.63. The summed E-state index contributed by atoms with van der Waals surface area (Å²) in [5.41, 5.74) is 2.65. The summed E-state index contributed by atoms with van der Waals surface area (Å²) in [6.07, 6.45) is 0.924. The van der Waals surface area contributed by atoms with Gasteiger partial charge in [0.05, 0.1) is 0 Å². The number of hydrogen-bond donors (Lipinski definition) is 1. The molecule has 0 aliphatic carbocycles. The van der Waals surface area contributed by atoms with Crippen molar-refractivity contribution in [3.05, 3.63) is 59.1 Å². The van der Waals surface area contributed by atoms with Crippen LogP contribution in [0.2, 0.25) is 5.02 Å². The number of carbonyl (C=O) groups is 1. The summed E-state index contributed by atoms with van der Waals surface area (Å²) >= 11 is 6.01. The molecule has 0 saturated heterocycles. The molecule has 0 spiro atoms. The molecule has 120 valence electrons. The van der Waals surface area contributed by atoms with Crippen molar-refractivity contribution in [3.8, 4) is 0 Å². The molecule has 0 radical (unpaired) electrons. The Bertz CT molecular complexity index is 742. The van der Waals surface area contributed by atoms with E-state index in [-0.39, 0.29) is 11.6 Å². The fourth-order valence-electron chi connectivity index (χ4n) is 3.51. The molecule has 1 heterocycles. The Balaban J connectivity index is 1.96. The molecule has 0 bridgehead atoms. The van der Waals surface area contributed by atoms with E-state index in [1.54, 1.807) is 12.1 Å². The second kappa shape index (κ2) is 5.89. The Morgan fingerprint density at radius 3 is 2.70 bits per heavy atom. The van der Waals surface area contributed by atoms with Gasteiger partial charge in [0.1, 0.15) is 0 Å². The molecule has 23 heavy (non-hydrogen) atoms. The number of carbonyl (C=O) groups excluding carboxylic acids is 1. The predicted octanol–water partition coefficient (Wildman–Crippen LogP) is 5.66. The molecule has 2 amide bonds. The summed E-state index contributed by atoms with van der Waals surface area (Å²) < 4.78 is 0. The predicted molar refractivity (Wildman–Crippen MR) is 96.5 cm³/mol. The van der Waals surface area contributed by atoms with Gasteiger partial charge < -0.3 is 5.32 Å². The van der Waals surface area contributed by atoms with Crippen molar-refractivity contribution in [2.45, 2.75) is 38.6 Å². The van der Waals surface area contributed by atoms with Crippen LogP contribution in [-0.4, -0.2) is 11.6 Å². The van der Waals surface area contributed by atoms with Gasteiger partial charge in [-0.1, -0.05) is 42.8 Å². The monoisotopic (exact) mass is 328 g/mol. The van der Waals surface area contributed by atoms with Gasteiger partial charge in [0, 0.05) is 21.9 Å². The number of para-hydroxylation sites is 1. The zero-order valence-corrected chi connectivity index (χ0v) is 14.4. The number of amides is 2. The third-order valence-electron chi connectivity index (χ3n) is 4.40. The maximum atomic E-state index is 12.9. The second-order valence-electron chi connectivity index (χ2n) is 6.75. The molecule has 3 rings (SSSR count). The Morgan fingerprint density at radius 1 is 1.22 bits per heavy atom. The van der Waals surface area contributed by atoms with E-state index in [4.69, 9.17) is 11.6 Å². The molecular weight excluding hydrogens is 308 g/mol. The van der Waals surface area contributed by atoms with Crippen LogP contribution >= 0.6 is 11.6 Å². The second-order valence-corrected chi connectivity index (χ2v) is 7.19. The average molecular weight is 329 g/mol. The Hall–Kier alpha value is -2.00. The summed E-state index contributed by atoms with van der Waals surface area (Å²) in [6.45, 7) is 6.43. The number of nitrogens with zero attached hydrogens (tertiary/aromatic N) is 1. The molecular formula is C19H21ClN2O. The van der Waals surface area contributed by atoms with Crippen LogP contribution in [0.5, 0.6) is 0 Å². The summed E-state index contributed by atoms with van der Waals surface area (Å²) in [4.78, 5) is 14.8. The van der Waals surface area contributed by atoms with Crippen molar-refractivity contribution in [1.29, 1.82) is 0 Å². The summed E-state index contributed by atoms with van der Waals surface area (Å²) in [5.74, 6) is 0.427. The quantitative estimate of drug-likeness (QED) is 0.719. The Kier molecular flexibility index (Phi) is 4.07. The van der Waals surface area contributed by atoms with Gasteiger partial charge in [0.2, 0.25) is 0 Å². The molecule has 0 aromatic heterocycles. The van der Waals surface area contributed by atoms with E-state index in [9.17, 15) is 4.79 Å². The molecule has 0 fully saturated rings. The number of nitrogens with one attached hydrogen (secondary N) is 1. The third kappa shape index (κ3) is 3.06. The largest absolute Gasteiger partial charge is 0.326 e. The van der Waals surface area contributed by atoms with Crippen LogP contribution in [0.1, 0.15) is 38.7 Å². The van der Waals surface area contributed by atoms with E-state index in [2.05, 4.69) is 32.2 Å². The first-order valence-corrected chi connectivity index (χ1v) is 8.22. The van der Waals surface area contributed by atoms with Gasteiger partial charge in [-0.2, -0.15) is 0 Å². The van der Waals surface area contributed by atoms with E-state index in [1.165, 1.54) is 5.56 Å². The number of halogens is 1. The van der Waals surface area contributed by atoms with Gasteiger partial charge >= 0.3 is 6.03 Å². The summed E-state index contributed by atoms with van der Waals surface area (Å²) in [5, 5.41) is 3.57. The Labute approximate surface area is 142 Å². The molecule has 0 saturated carbocycles. The number of hydrogen-bond acceptors (Lipinski definition) is 1. The van der Waals surface area contributed by atoms with Crippen molar-refractivity contribution in [1.82, 2.24) is 0 Å². The maximum absolute atomic E-state index is 12.9. The van der Waals surface area contributed by atoms with E-state index in [1.807, 2.05) is 35.2 Å². The smallest absolute Gasteiger partial charge is 0.307 e. The highest BCUT2D eigenvalue weighted by Gasteiger charge is 2.39. The highest BCUT2D eigenvalue weighted by Crippen LogP contribution is 2.43. The number of fused-ring (bicyclic) bond motifs is 1. The van der Waals surface area contributed by atoms with E-state index >= 15 is 0 Å². The van der Waals surface area contributed by atoms with E-state index < -0.39 is 0 Å². The number of benzene rings is 2. The maximum Gasteiger partial charge on any atom is 0.326 e.